The van der Waals surface area contributed by atoms with Crippen LogP contribution in [0.15, 0.2) is 4.99 Å². The Morgan fingerprint density at radius 2 is 2.25 bits per heavy atom. The molecule has 2 N–H and O–H groups in total. The highest BCUT2D eigenvalue weighted by atomic mass is 14.9. The summed E-state index contributed by atoms with van der Waals surface area (Å²) in [6.07, 6.45) is 6.49. The van der Waals surface area contributed by atoms with E-state index in [1.807, 2.05) is 0 Å². The Morgan fingerprint density at radius 1 is 1.42 bits per heavy atom. The minimum absolute atomic E-state index is 0.587. The minimum Gasteiger partial charge on any atom is -0.387 e. The van der Waals surface area contributed by atoms with Gasteiger partial charge in [0.2, 0.25) is 0 Å². The lowest BCUT2D eigenvalue weighted by atomic mass is 9.96. The molecule has 0 aromatic heterocycles. The largest absolute Gasteiger partial charge is 0.387 e. The second-order valence-electron chi connectivity index (χ2n) is 4.22. The molecular weight excluding hydrogens is 148 g/mol. The number of nitrogens with zero attached hydrogens (tertiary/aromatic N) is 1. The molecule has 0 spiro atoms. The lowest BCUT2D eigenvalue weighted by Crippen LogP contribution is -2.20. The third-order valence-corrected chi connectivity index (χ3v) is 3.39. The van der Waals surface area contributed by atoms with E-state index in [9.17, 15) is 0 Å². The van der Waals surface area contributed by atoms with Crippen LogP contribution in [-0.4, -0.2) is 11.9 Å². The van der Waals surface area contributed by atoms with E-state index in [1.54, 1.807) is 0 Å². The lowest BCUT2D eigenvalue weighted by molar-refractivity contribution is 0.419. The summed E-state index contributed by atoms with van der Waals surface area (Å²) < 4.78 is 0. The monoisotopic (exact) mass is 166 g/mol. The maximum atomic E-state index is 5.73. The van der Waals surface area contributed by atoms with Gasteiger partial charge in [-0.1, -0.05) is 13.3 Å². The first kappa shape index (κ1) is 8.09. The van der Waals surface area contributed by atoms with Gasteiger partial charge in [-0.15, -0.1) is 0 Å². The summed E-state index contributed by atoms with van der Waals surface area (Å²) in [4.78, 5) is 4.57. The summed E-state index contributed by atoms with van der Waals surface area (Å²) in [6, 6.07) is 0.587. The fourth-order valence-corrected chi connectivity index (χ4v) is 2.67. The van der Waals surface area contributed by atoms with Gasteiger partial charge in [0.05, 0.1) is 11.9 Å². The zero-order valence-electron chi connectivity index (χ0n) is 7.79. The summed E-state index contributed by atoms with van der Waals surface area (Å²) in [5.74, 6) is 2.71. The molecule has 0 radical (unpaired) electrons. The number of hydrogen-bond donors (Lipinski definition) is 1. The van der Waals surface area contributed by atoms with Gasteiger partial charge in [0.15, 0.2) is 0 Å². The van der Waals surface area contributed by atoms with Crippen molar-refractivity contribution in [3.05, 3.63) is 0 Å². The molecule has 2 bridgehead atoms. The summed E-state index contributed by atoms with van der Waals surface area (Å²) in [7, 11) is 0. The standard InChI is InChI=1S/C10H18N2/c1-2-10(11)12-9-6-7-3-4-8(9)5-7/h7-9H,2-6H2,1H3,(H2,11,12). The van der Waals surface area contributed by atoms with Crippen molar-refractivity contribution in [1.82, 2.24) is 0 Å². The summed E-state index contributed by atoms with van der Waals surface area (Å²) in [5.41, 5.74) is 5.73. The first-order chi connectivity index (χ1) is 5.79. The number of fused-ring (bicyclic) bond motifs is 2. The topological polar surface area (TPSA) is 38.4 Å². The van der Waals surface area contributed by atoms with Gasteiger partial charge in [0.25, 0.3) is 0 Å². The van der Waals surface area contributed by atoms with Gasteiger partial charge in [-0.2, -0.15) is 0 Å². The van der Waals surface area contributed by atoms with Crippen LogP contribution in [-0.2, 0) is 0 Å². The summed E-state index contributed by atoms with van der Waals surface area (Å²) in [6.45, 7) is 2.08. The van der Waals surface area contributed by atoms with Crippen LogP contribution in [0.25, 0.3) is 0 Å². The Kier molecular flexibility index (Phi) is 2.07. The van der Waals surface area contributed by atoms with E-state index >= 15 is 0 Å². The number of nitrogens with two attached hydrogens (primary N) is 1. The predicted octanol–water partition coefficient (Wildman–Crippen LogP) is 1.94. The molecule has 2 heteroatoms. The number of amidine groups is 1. The Labute approximate surface area is 74.2 Å². The van der Waals surface area contributed by atoms with Crippen molar-refractivity contribution in [3.63, 3.8) is 0 Å². The molecule has 2 aliphatic carbocycles. The second-order valence-corrected chi connectivity index (χ2v) is 4.22. The van der Waals surface area contributed by atoms with Gasteiger partial charge in [0, 0.05) is 6.42 Å². The van der Waals surface area contributed by atoms with Crippen molar-refractivity contribution < 1.29 is 0 Å². The van der Waals surface area contributed by atoms with Crippen molar-refractivity contribution in [3.8, 4) is 0 Å². The molecule has 3 unspecified atom stereocenters. The van der Waals surface area contributed by atoms with Crippen LogP contribution in [0.3, 0.4) is 0 Å². The zero-order valence-corrected chi connectivity index (χ0v) is 7.79. The molecule has 0 amide bonds. The molecule has 0 aliphatic heterocycles. The fraction of sp³-hybridized carbons (Fsp3) is 0.900. The molecule has 3 atom stereocenters. The molecule has 2 fully saturated rings. The fourth-order valence-electron chi connectivity index (χ4n) is 2.67. The molecule has 0 saturated heterocycles. The van der Waals surface area contributed by atoms with Gasteiger partial charge in [0.1, 0.15) is 0 Å². The highest BCUT2D eigenvalue weighted by molar-refractivity contribution is 5.80. The molecule has 2 nitrogen and oxygen atoms in total. The molecule has 0 heterocycles. The Hall–Kier alpha value is -0.530. The van der Waals surface area contributed by atoms with E-state index in [1.165, 1.54) is 25.7 Å². The van der Waals surface area contributed by atoms with E-state index in [0.29, 0.717) is 6.04 Å². The Bertz CT molecular complexity index is 198. The van der Waals surface area contributed by atoms with Gasteiger partial charge in [-0.05, 0) is 31.1 Å². The van der Waals surface area contributed by atoms with Crippen LogP contribution in [0.5, 0.6) is 0 Å². The van der Waals surface area contributed by atoms with E-state index in [-0.39, 0.29) is 0 Å². The van der Waals surface area contributed by atoms with Crippen LogP contribution < -0.4 is 5.73 Å². The molecule has 0 aromatic carbocycles. The van der Waals surface area contributed by atoms with Gasteiger partial charge in [-0.3, -0.25) is 4.99 Å². The smallest absolute Gasteiger partial charge is 0.0937 e. The molecule has 12 heavy (non-hydrogen) atoms. The molecule has 68 valence electrons. The average molecular weight is 166 g/mol. The third-order valence-electron chi connectivity index (χ3n) is 3.39. The van der Waals surface area contributed by atoms with E-state index in [2.05, 4.69) is 11.9 Å². The predicted molar refractivity (Wildman–Crippen MR) is 51.1 cm³/mol. The first-order valence-corrected chi connectivity index (χ1v) is 5.11. The maximum Gasteiger partial charge on any atom is 0.0937 e. The van der Waals surface area contributed by atoms with E-state index in [0.717, 1.165) is 24.1 Å². The third kappa shape index (κ3) is 1.35. The quantitative estimate of drug-likeness (QED) is 0.494. The van der Waals surface area contributed by atoms with Crippen LogP contribution in [0, 0.1) is 11.8 Å². The van der Waals surface area contributed by atoms with Crippen LogP contribution in [0.2, 0.25) is 0 Å². The van der Waals surface area contributed by atoms with Crippen molar-refractivity contribution in [2.75, 3.05) is 0 Å². The number of hydrogen-bond acceptors (Lipinski definition) is 1. The minimum atomic E-state index is 0.587. The second kappa shape index (κ2) is 3.08. The van der Waals surface area contributed by atoms with Crippen molar-refractivity contribution in [2.45, 2.75) is 45.1 Å². The summed E-state index contributed by atoms with van der Waals surface area (Å²) >= 11 is 0. The average Bonchev–Trinajstić information content (AvgIpc) is 2.64. The van der Waals surface area contributed by atoms with E-state index < -0.39 is 0 Å². The normalized spacial score (nSPS) is 40.8. The molecule has 2 rings (SSSR count). The maximum absolute atomic E-state index is 5.73. The zero-order chi connectivity index (χ0) is 8.55. The highest BCUT2D eigenvalue weighted by Gasteiger charge is 2.39. The van der Waals surface area contributed by atoms with Crippen LogP contribution >= 0.6 is 0 Å². The Balaban J connectivity index is 1.98. The molecule has 2 aliphatic rings. The van der Waals surface area contributed by atoms with Crippen molar-refractivity contribution in [2.24, 2.45) is 22.6 Å². The molecule has 2 saturated carbocycles. The van der Waals surface area contributed by atoms with Gasteiger partial charge < -0.3 is 5.73 Å². The molecular formula is C10H18N2. The van der Waals surface area contributed by atoms with Crippen molar-refractivity contribution >= 4 is 5.84 Å². The lowest BCUT2D eigenvalue weighted by Gasteiger charge is -2.17. The van der Waals surface area contributed by atoms with Gasteiger partial charge >= 0.3 is 0 Å². The number of aliphatic imine (C=N–C) groups is 1. The van der Waals surface area contributed by atoms with E-state index in [4.69, 9.17) is 5.73 Å². The van der Waals surface area contributed by atoms with Crippen LogP contribution in [0.4, 0.5) is 0 Å². The summed E-state index contributed by atoms with van der Waals surface area (Å²) in [5, 5.41) is 0. The first-order valence-electron chi connectivity index (χ1n) is 5.11. The van der Waals surface area contributed by atoms with Crippen molar-refractivity contribution in [1.29, 1.82) is 0 Å². The molecule has 0 aromatic rings. The van der Waals surface area contributed by atoms with Crippen LogP contribution in [0.1, 0.15) is 39.0 Å². The highest BCUT2D eigenvalue weighted by Crippen LogP contribution is 2.45. The number of rotatable bonds is 2. The van der Waals surface area contributed by atoms with Gasteiger partial charge in [-0.25, -0.2) is 0 Å². The SMILES string of the molecule is CCC(N)=NC1CC2CCC1C2. The Morgan fingerprint density at radius 3 is 2.75 bits per heavy atom.